The van der Waals surface area contributed by atoms with Gasteiger partial charge in [0.2, 0.25) is 5.95 Å². The Balaban J connectivity index is 1.94. The van der Waals surface area contributed by atoms with Crippen LogP contribution in [0.4, 0.5) is 5.95 Å². The van der Waals surface area contributed by atoms with Crippen molar-refractivity contribution in [3.05, 3.63) is 12.5 Å². The molecular weight excluding hydrogens is 240 g/mol. The molecule has 0 aromatic carbocycles. The Hall–Kier alpha value is -1.69. The second kappa shape index (κ2) is 4.77. The van der Waals surface area contributed by atoms with Gasteiger partial charge in [0.25, 0.3) is 0 Å². The molecule has 0 radical (unpaired) electrons. The zero-order chi connectivity index (χ0) is 13.4. The van der Waals surface area contributed by atoms with Gasteiger partial charge in [0, 0.05) is 25.2 Å². The highest BCUT2D eigenvalue weighted by Crippen LogP contribution is 2.20. The summed E-state index contributed by atoms with van der Waals surface area (Å²) in [5.74, 6) is 0.793. The van der Waals surface area contributed by atoms with E-state index in [2.05, 4.69) is 38.3 Å². The van der Waals surface area contributed by atoms with Crippen molar-refractivity contribution < 1.29 is 0 Å². The summed E-state index contributed by atoms with van der Waals surface area (Å²) in [6.07, 6.45) is 5.65. The van der Waals surface area contributed by atoms with Crippen LogP contribution in [0.5, 0.6) is 0 Å². The summed E-state index contributed by atoms with van der Waals surface area (Å²) in [6.45, 7) is 6.12. The van der Waals surface area contributed by atoms with E-state index in [1.165, 1.54) is 0 Å². The number of hydrogen-bond donors (Lipinski definition) is 1. The summed E-state index contributed by atoms with van der Waals surface area (Å²) in [5, 5.41) is 0. The molecule has 2 aromatic rings. The molecule has 3 heterocycles. The fraction of sp³-hybridized carbons (Fsp3) is 0.615. The molecule has 6 heteroatoms. The average molecular weight is 260 g/mol. The summed E-state index contributed by atoms with van der Waals surface area (Å²) >= 11 is 0. The number of nitrogens with two attached hydrogens (primary N) is 1. The van der Waals surface area contributed by atoms with Crippen LogP contribution in [0.1, 0.15) is 32.7 Å². The van der Waals surface area contributed by atoms with Crippen molar-refractivity contribution in [1.82, 2.24) is 19.5 Å². The van der Waals surface area contributed by atoms with E-state index >= 15 is 0 Å². The van der Waals surface area contributed by atoms with Crippen LogP contribution in [0.15, 0.2) is 12.5 Å². The average Bonchev–Trinajstić information content (AvgIpc) is 2.82. The molecular formula is C13H20N6. The number of fused-ring (bicyclic) bond motifs is 1. The van der Waals surface area contributed by atoms with Crippen molar-refractivity contribution in [2.75, 3.05) is 18.0 Å². The summed E-state index contributed by atoms with van der Waals surface area (Å²) in [4.78, 5) is 15.7. The van der Waals surface area contributed by atoms with Crippen molar-refractivity contribution in [2.45, 2.75) is 38.8 Å². The van der Waals surface area contributed by atoms with Crippen molar-refractivity contribution in [3.63, 3.8) is 0 Å². The number of aromatic nitrogens is 4. The molecule has 2 aromatic heterocycles. The first-order valence-electron chi connectivity index (χ1n) is 6.85. The van der Waals surface area contributed by atoms with Crippen LogP contribution in [0.3, 0.4) is 0 Å². The molecule has 19 heavy (non-hydrogen) atoms. The molecule has 102 valence electrons. The van der Waals surface area contributed by atoms with Gasteiger partial charge in [-0.25, -0.2) is 9.97 Å². The highest BCUT2D eigenvalue weighted by molar-refractivity contribution is 5.71. The minimum atomic E-state index is 0.321. The van der Waals surface area contributed by atoms with E-state index in [0.717, 1.165) is 43.0 Å². The number of nitrogens with zero attached hydrogens (tertiary/aromatic N) is 5. The molecule has 1 saturated heterocycles. The van der Waals surface area contributed by atoms with Gasteiger partial charge in [-0.1, -0.05) is 0 Å². The predicted octanol–water partition coefficient (Wildman–Crippen LogP) is 1.33. The second-order valence-electron chi connectivity index (χ2n) is 5.45. The number of piperidine rings is 1. The van der Waals surface area contributed by atoms with Crippen LogP contribution in [0.25, 0.3) is 11.2 Å². The highest BCUT2D eigenvalue weighted by Gasteiger charge is 2.19. The summed E-state index contributed by atoms with van der Waals surface area (Å²) in [5.41, 5.74) is 7.70. The van der Waals surface area contributed by atoms with Crippen LogP contribution in [-0.2, 0) is 0 Å². The molecule has 0 amide bonds. The van der Waals surface area contributed by atoms with E-state index in [4.69, 9.17) is 5.73 Å². The largest absolute Gasteiger partial charge is 0.341 e. The van der Waals surface area contributed by atoms with Crippen LogP contribution in [0.2, 0.25) is 0 Å². The van der Waals surface area contributed by atoms with Gasteiger partial charge in [0.15, 0.2) is 5.65 Å². The molecule has 0 unspecified atom stereocenters. The summed E-state index contributed by atoms with van der Waals surface area (Å²) in [7, 11) is 0. The van der Waals surface area contributed by atoms with E-state index in [1.54, 1.807) is 0 Å². The smallest absolute Gasteiger partial charge is 0.227 e. The molecule has 1 aliphatic rings. The van der Waals surface area contributed by atoms with Gasteiger partial charge < -0.3 is 15.2 Å². The lowest BCUT2D eigenvalue weighted by atomic mass is 10.1. The standard InChI is InChI=1S/C13H20N6/c1-9(2)19-8-16-11-7-15-13(17-12(11)19)18-5-3-10(14)4-6-18/h7-10H,3-6,14H2,1-2H3. The number of anilines is 1. The molecule has 3 rings (SSSR count). The number of rotatable bonds is 2. The van der Waals surface area contributed by atoms with E-state index in [0.29, 0.717) is 12.1 Å². The number of imidazole rings is 1. The topological polar surface area (TPSA) is 72.9 Å². The Morgan fingerprint density at radius 1 is 1.26 bits per heavy atom. The fourth-order valence-corrected chi connectivity index (χ4v) is 2.45. The molecule has 0 bridgehead atoms. The minimum absolute atomic E-state index is 0.321. The third kappa shape index (κ3) is 2.28. The predicted molar refractivity (Wildman–Crippen MR) is 75.1 cm³/mol. The van der Waals surface area contributed by atoms with Crippen molar-refractivity contribution in [2.24, 2.45) is 5.73 Å². The van der Waals surface area contributed by atoms with Crippen LogP contribution in [0, 0.1) is 0 Å². The quantitative estimate of drug-likeness (QED) is 0.882. The lowest BCUT2D eigenvalue weighted by Gasteiger charge is -2.30. The van der Waals surface area contributed by atoms with E-state index in [-0.39, 0.29) is 0 Å². The highest BCUT2D eigenvalue weighted by atomic mass is 15.3. The monoisotopic (exact) mass is 260 g/mol. The number of hydrogen-bond acceptors (Lipinski definition) is 5. The molecule has 0 spiro atoms. The Morgan fingerprint density at radius 3 is 2.68 bits per heavy atom. The lowest BCUT2D eigenvalue weighted by molar-refractivity contribution is 0.495. The summed E-state index contributed by atoms with van der Waals surface area (Å²) < 4.78 is 2.08. The van der Waals surface area contributed by atoms with Crippen LogP contribution >= 0.6 is 0 Å². The Bertz CT molecular complexity index is 568. The lowest BCUT2D eigenvalue weighted by Crippen LogP contribution is -2.40. The van der Waals surface area contributed by atoms with Crippen molar-refractivity contribution in [1.29, 1.82) is 0 Å². The Morgan fingerprint density at radius 2 is 2.00 bits per heavy atom. The molecule has 0 saturated carbocycles. The third-order valence-electron chi connectivity index (χ3n) is 3.68. The minimum Gasteiger partial charge on any atom is -0.341 e. The molecule has 1 aliphatic heterocycles. The van der Waals surface area contributed by atoms with E-state index in [9.17, 15) is 0 Å². The molecule has 0 aliphatic carbocycles. The maximum absolute atomic E-state index is 5.93. The van der Waals surface area contributed by atoms with E-state index in [1.807, 2.05) is 12.5 Å². The third-order valence-corrected chi connectivity index (χ3v) is 3.68. The SMILES string of the molecule is CC(C)n1cnc2cnc(N3CCC(N)CC3)nc21. The molecule has 2 N–H and O–H groups in total. The summed E-state index contributed by atoms with van der Waals surface area (Å²) in [6, 6.07) is 0.670. The van der Waals surface area contributed by atoms with Crippen LogP contribution < -0.4 is 10.6 Å². The second-order valence-corrected chi connectivity index (χ2v) is 5.45. The van der Waals surface area contributed by atoms with Gasteiger partial charge in [0.1, 0.15) is 5.52 Å². The Labute approximate surface area is 112 Å². The molecule has 1 fully saturated rings. The van der Waals surface area contributed by atoms with Gasteiger partial charge in [-0.15, -0.1) is 0 Å². The maximum Gasteiger partial charge on any atom is 0.227 e. The van der Waals surface area contributed by atoms with Crippen molar-refractivity contribution >= 4 is 17.1 Å². The first-order chi connectivity index (χ1) is 9.15. The molecule has 6 nitrogen and oxygen atoms in total. The zero-order valence-electron chi connectivity index (χ0n) is 11.5. The first-order valence-corrected chi connectivity index (χ1v) is 6.85. The zero-order valence-corrected chi connectivity index (χ0v) is 11.5. The maximum atomic E-state index is 5.93. The van der Waals surface area contributed by atoms with Gasteiger partial charge in [-0.05, 0) is 26.7 Å². The Kier molecular flexibility index (Phi) is 3.10. The van der Waals surface area contributed by atoms with Crippen LogP contribution in [-0.4, -0.2) is 38.7 Å². The van der Waals surface area contributed by atoms with Gasteiger partial charge in [0.05, 0.1) is 12.5 Å². The van der Waals surface area contributed by atoms with Gasteiger partial charge in [-0.3, -0.25) is 0 Å². The van der Waals surface area contributed by atoms with Gasteiger partial charge in [-0.2, -0.15) is 4.98 Å². The van der Waals surface area contributed by atoms with E-state index < -0.39 is 0 Å². The fourth-order valence-electron chi connectivity index (χ4n) is 2.45. The molecule has 0 atom stereocenters. The van der Waals surface area contributed by atoms with Gasteiger partial charge >= 0.3 is 0 Å². The first kappa shape index (κ1) is 12.3. The van der Waals surface area contributed by atoms with Crippen molar-refractivity contribution in [3.8, 4) is 0 Å². The normalized spacial score (nSPS) is 17.6.